The summed E-state index contributed by atoms with van der Waals surface area (Å²) in [6, 6.07) is 5.07. The second-order valence-electron chi connectivity index (χ2n) is 5.64. The molecule has 1 aromatic carbocycles. The normalized spacial score (nSPS) is 17.4. The fourth-order valence-corrected chi connectivity index (χ4v) is 3.14. The number of oxime groups is 1. The summed E-state index contributed by atoms with van der Waals surface area (Å²) in [5.41, 5.74) is 7.05. The van der Waals surface area contributed by atoms with Gasteiger partial charge in [0.05, 0.1) is 0 Å². The van der Waals surface area contributed by atoms with Crippen molar-refractivity contribution in [2.45, 2.75) is 51.6 Å². The largest absolute Gasteiger partial charge is 0.409 e. The molecule has 0 saturated heterocycles. The van der Waals surface area contributed by atoms with Crippen LogP contribution in [0, 0.1) is 5.82 Å². The first-order chi connectivity index (χ1) is 10.2. The lowest BCUT2D eigenvalue weighted by molar-refractivity contribution is 0.156. The number of halogens is 1. The Morgan fingerprint density at radius 3 is 2.71 bits per heavy atom. The summed E-state index contributed by atoms with van der Waals surface area (Å²) in [5, 5.41) is 11.9. The number of hydrogen-bond donors (Lipinski definition) is 2. The molecule has 0 unspecified atom stereocenters. The van der Waals surface area contributed by atoms with Gasteiger partial charge in [0.25, 0.3) is 0 Å². The molecule has 0 bridgehead atoms. The molecule has 4 nitrogen and oxygen atoms in total. The number of nitrogens with two attached hydrogens (primary N) is 1. The maximum atomic E-state index is 13.4. The summed E-state index contributed by atoms with van der Waals surface area (Å²) in [5.74, 6) is -0.412. The van der Waals surface area contributed by atoms with E-state index in [9.17, 15) is 4.39 Å². The maximum Gasteiger partial charge on any atom is 0.170 e. The predicted octanol–water partition coefficient (Wildman–Crippen LogP) is 3.07. The van der Waals surface area contributed by atoms with Gasteiger partial charge in [0.1, 0.15) is 5.82 Å². The van der Waals surface area contributed by atoms with E-state index in [0.717, 1.165) is 12.1 Å². The minimum atomic E-state index is -0.374. The van der Waals surface area contributed by atoms with E-state index in [2.05, 4.69) is 17.0 Å². The summed E-state index contributed by atoms with van der Waals surface area (Å²) in [7, 11) is 0. The quantitative estimate of drug-likeness (QED) is 0.379. The van der Waals surface area contributed by atoms with E-state index in [-0.39, 0.29) is 11.7 Å². The Morgan fingerprint density at radius 1 is 1.38 bits per heavy atom. The van der Waals surface area contributed by atoms with E-state index < -0.39 is 0 Å². The molecule has 1 aromatic rings. The second-order valence-corrected chi connectivity index (χ2v) is 5.64. The van der Waals surface area contributed by atoms with Crippen molar-refractivity contribution in [3.8, 4) is 0 Å². The zero-order chi connectivity index (χ0) is 15.2. The monoisotopic (exact) mass is 293 g/mol. The van der Waals surface area contributed by atoms with Crippen molar-refractivity contribution < 1.29 is 9.60 Å². The van der Waals surface area contributed by atoms with Crippen molar-refractivity contribution in [3.63, 3.8) is 0 Å². The Morgan fingerprint density at radius 2 is 2.10 bits per heavy atom. The fourth-order valence-electron chi connectivity index (χ4n) is 3.14. The van der Waals surface area contributed by atoms with Gasteiger partial charge in [0.15, 0.2) is 5.84 Å². The van der Waals surface area contributed by atoms with Crippen molar-refractivity contribution in [1.82, 2.24) is 4.90 Å². The van der Waals surface area contributed by atoms with Gasteiger partial charge in [-0.05, 0) is 37.1 Å². The zero-order valence-corrected chi connectivity index (χ0v) is 12.6. The molecule has 0 spiro atoms. The highest BCUT2D eigenvalue weighted by Crippen LogP contribution is 2.24. The number of amidine groups is 1. The van der Waals surface area contributed by atoms with E-state index in [4.69, 9.17) is 10.9 Å². The molecular formula is C16H24FN3O. The Hall–Kier alpha value is -1.62. The van der Waals surface area contributed by atoms with Crippen LogP contribution >= 0.6 is 0 Å². The van der Waals surface area contributed by atoms with Crippen LogP contribution in [0.3, 0.4) is 0 Å². The average molecular weight is 293 g/mol. The van der Waals surface area contributed by atoms with Crippen molar-refractivity contribution in [2.75, 3.05) is 6.54 Å². The molecule has 0 aliphatic heterocycles. The SMILES string of the molecule is CCN(Cc1ccc(F)cc1C(N)=NO)C1CCCCC1. The minimum absolute atomic E-state index is 0.0378. The molecule has 1 aliphatic rings. The van der Waals surface area contributed by atoms with Crippen LogP contribution in [-0.2, 0) is 6.54 Å². The summed E-state index contributed by atoms with van der Waals surface area (Å²) in [4.78, 5) is 2.40. The summed E-state index contributed by atoms with van der Waals surface area (Å²) in [6.07, 6.45) is 6.30. The van der Waals surface area contributed by atoms with Crippen LogP contribution in [0.5, 0.6) is 0 Å². The summed E-state index contributed by atoms with van der Waals surface area (Å²) in [6.45, 7) is 3.78. The molecule has 3 N–H and O–H groups in total. The molecular weight excluding hydrogens is 269 g/mol. The molecule has 0 amide bonds. The molecule has 0 heterocycles. The van der Waals surface area contributed by atoms with Crippen LogP contribution in [0.15, 0.2) is 23.4 Å². The molecule has 5 heteroatoms. The van der Waals surface area contributed by atoms with Crippen LogP contribution in [0.4, 0.5) is 4.39 Å². The third-order valence-electron chi connectivity index (χ3n) is 4.33. The first kappa shape index (κ1) is 15.8. The standard InChI is InChI=1S/C16H24FN3O/c1-2-20(14-6-4-3-5-7-14)11-12-8-9-13(17)10-15(12)16(18)19-21/h8-10,14,21H,2-7,11H2,1H3,(H2,18,19). The summed E-state index contributed by atoms with van der Waals surface area (Å²) >= 11 is 0. The van der Waals surface area contributed by atoms with Gasteiger partial charge < -0.3 is 10.9 Å². The average Bonchev–Trinajstić information content (AvgIpc) is 2.53. The van der Waals surface area contributed by atoms with Crippen LogP contribution in [0.25, 0.3) is 0 Å². The molecule has 2 rings (SSSR count). The van der Waals surface area contributed by atoms with Gasteiger partial charge in [0.2, 0.25) is 0 Å². The molecule has 0 aromatic heterocycles. The number of benzene rings is 1. The van der Waals surface area contributed by atoms with Crippen molar-refractivity contribution in [2.24, 2.45) is 10.9 Å². The van der Waals surface area contributed by atoms with Gasteiger partial charge in [-0.15, -0.1) is 0 Å². The molecule has 116 valence electrons. The highest BCUT2D eigenvalue weighted by atomic mass is 19.1. The molecule has 1 saturated carbocycles. The number of hydrogen-bond acceptors (Lipinski definition) is 3. The second kappa shape index (κ2) is 7.41. The van der Waals surface area contributed by atoms with Crippen molar-refractivity contribution in [1.29, 1.82) is 0 Å². The molecule has 1 fully saturated rings. The molecule has 0 atom stereocenters. The smallest absolute Gasteiger partial charge is 0.170 e. The Kier molecular flexibility index (Phi) is 5.56. The Balaban J connectivity index is 2.20. The highest BCUT2D eigenvalue weighted by Gasteiger charge is 2.21. The summed E-state index contributed by atoms with van der Waals surface area (Å²) < 4.78 is 13.4. The Labute approximate surface area is 125 Å². The third-order valence-corrected chi connectivity index (χ3v) is 4.33. The van der Waals surface area contributed by atoms with Crippen LogP contribution in [0.1, 0.15) is 50.2 Å². The van der Waals surface area contributed by atoms with Gasteiger partial charge in [-0.25, -0.2) is 4.39 Å². The van der Waals surface area contributed by atoms with E-state index in [1.807, 2.05) is 0 Å². The fraction of sp³-hybridized carbons (Fsp3) is 0.562. The van der Waals surface area contributed by atoms with Gasteiger partial charge in [0, 0.05) is 18.2 Å². The van der Waals surface area contributed by atoms with E-state index in [1.54, 1.807) is 6.07 Å². The van der Waals surface area contributed by atoms with Crippen LogP contribution < -0.4 is 5.73 Å². The lowest BCUT2D eigenvalue weighted by Crippen LogP contribution is -2.36. The van der Waals surface area contributed by atoms with E-state index >= 15 is 0 Å². The lowest BCUT2D eigenvalue weighted by atomic mass is 9.93. The Bertz CT molecular complexity index is 498. The van der Waals surface area contributed by atoms with Crippen molar-refractivity contribution >= 4 is 5.84 Å². The topological polar surface area (TPSA) is 61.8 Å². The van der Waals surface area contributed by atoms with Crippen molar-refractivity contribution in [3.05, 3.63) is 35.1 Å². The van der Waals surface area contributed by atoms with E-state index in [0.29, 0.717) is 18.2 Å². The zero-order valence-electron chi connectivity index (χ0n) is 12.6. The molecule has 0 radical (unpaired) electrons. The van der Waals surface area contributed by atoms with Crippen LogP contribution in [0.2, 0.25) is 0 Å². The lowest BCUT2D eigenvalue weighted by Gasteiger charge is -2.34. The number of nitrogens with zero attached hydrogens (tertiary/aromatic N) is 2. The third kappa shape index (κ3) is 3.94. The highest BCUT2D eigenvalue weighted by molar-refractivity contribution is 5.98. The number of rotatable bonds is 5. The minimum Gasteiger partial charge on any atom is -0.409 e. The van der Waals surface area contributed by atoms with Gasteiger partial charge in [-0.1, -0.05) is 37.4 Å². The van der Waals surface area contributed by atoms with Gasteiger partial charge in [-0.2, -0.15) is 0 Å². The predicted molar refractivity (Wildman–Crippen MR) is 81.9 cm³/mol. The molecule has 21 heavy (non-hydrogen) atoms. The van der Waals surface area contributed by atoms with E-state index in [1.165, 1.54) is 44.2 Å². The molecule has 1 aliphatic carbocycles. The van der Waals surface area contributed by atoms with Gasteiger partial charge in [-0.3, -0.25) is 4.90 Å². The van der Waals surface area contributed by atoms with Gasteiger partial charge >= 0.3 is 0 Å². The first-order valence-corrected chi connectivity index (χ1v) is 7.66. The van der Waals surface area contributed by atoms with Crippen LogP contribution in [-0.4, -0.2) is 28.5 Å². The maximum absolute atomic E-state index is 13.4. The first-order valence-electron chi connectivity index (χ1n) is 7.66.